The van der Waals surface area contributed by atoms with Gasteiger partial charge in [0.1, 0.15) is 5.82 Å². The highest BCUT2D eigenvalue weighted by Gasteiger charge is 2.17. The number of H-pyrrole nitrogens is 1. The number of nitrogens with zero attached hydrogens (tertiary/aromatic N) is 1. The summed E-state index contributed by atoms with van der Waals surface area (Å²) in [5, 5.41) is 0.419. The van der Waals surface area contributed by atoms with Crippen LogP contribution in [-0.2, 0) is 0 Å². The predicted octanol–water partition coefficient (Wildman–Crippen LogP) is 2.92. The fourth-order valence-corrected chi connectivity index (χ4v) is 2.73. The molecule has 0 fully saturated rings. The molecule has 0 radical (unpaired) electrons. The molecule has 2 heterocycles. The second kappa shape index (κ2) is 4.67. The summed E-state index contributed by atoms with van der Waals surface area (Å²) < 4.78 is 25.2. The van der Waals surface area contributed by atoms with Crippen molar-refractivity contribution in [2.75, 3.05) is 6.79 Å². The number of aromatic amines is 1. The molecule has 0 unspecified atom stereocenters. The van der Waals surface area contributed by atoms with Crippen LogP contribution in [0.5, 0.6) is 11.5 Å². The molecule has 110 valence electrons. The largest absolute Gasteiger partial charge is 0.454 e. The van der Waals surface area contributed by atoms with Gasteiger partial charge in [0, 0.05) is 6.07 Å². The molecular formula is C15H9FN2O3S. The van der Waals surface area contributed by atoms with Crippen LogP contribution in [0.2, 0.25) is 0 Å². The number of benzene rings is 2. The Morgan fingerprint density at radius 2 is 1.82 bits per heavy atom. The Morgan fingerprint density at radius 3 is 2.55 bits per heavy atom. The quantitative estimate of drug-likeness (QED) is 0.701. The van der Waals surface area contributed by atoms with Crippen molar-refractivity contribution in [3.63, 3.8) is 0 Å². The van der Waals surface area contributed by atoms with Crippen molar-refractivity contribution in [1.29, 1.82) is 0 Å². The second-order valence-electron chi connectivity index (χ2n) is 4.80. The molecule has 5 nitrogen and oxygen atoms in total. The molecule has 1 aromatic heterocycles. The highest BCUT2D eigenvalue weighted by Crippen LogP contribution is 2.34. The Bertz CT molecular complexity index is 1010. The van der Waals surface area contributed by atoms with Crippen LogP contribution in [0.1, 0.15) is 0 Å². The number of fused-ring (bicyclic) bond motifs is 2. The predicted molar refractivity (Wildman–Crippen MR) is 80.8 cm³/mol. The molecule has 1 aliphatic heterocycles. The molecule has 0 bridgehead atoms. The lowest BCUT2D eigenvalue weighted by Gasteiger charge is -2.08. The van der Waals surface area contributed by atoms with E-state index in [1.54, 1.807) is 12.1 Å². The van der Waals surface area contributed by atoms with Crippen LogP contribution in [0.4, 0.5) is 4.39 Å². The van der Waals surface area contributed by atoms with Crippen LogP contribution < -0.4 is 15.0 Å². The lowest BCUT2D eigenvalue weighted by atomic mass is 10.2. The van der Waals surface area contributed by atoms with E-state index in [2.05, 4.69) is 4.98 Å². The average molecular weight is 316 g/mol. The van der Waals surface area contributed by atoms with E-state index in [1.807, 2.05) is 0 Å². The van der Waals surface area contributed by atoms with Crippen molar-refractivity contribution in [1.82, 2.24) is 9.55 Å². The van der Waals surface area contributed by atoms with E-state index in [-0.39, 0.29) is 22.9 Å². The Hall–Kier alpha value is -2.67. The lowest BCUT2D eigenvalue weighted by Crippen LogP contribution is -2.20. The maximum atomic E-state index is 13.1. The van der Waals surface area contributed by atoms with Gasteiger partial charge in [0.25, 0.3) is 5.56 Å². The van der Waals surface area contributed by atoms with Crippen LogP contribution in [-0.4, -0.2) is 16.3 Å². The summed E-state index contributed by atoms with van der Waals surface area (Å²) in [6.45, 7) is 0.124. The minimum absolute atomic E-state index is 0.124. The first-order chi connectivity index (χ1) is 10.6. The van der Waals surface area contributed by atoms with Gasteiger partial charge in [0.05, 0.1) is 16.6 Å². The van der Waals surface area contributed by atoms with Crippen molar-refractivity contribution in [3.05, 3.63) is 57.3 Å². The van der Waals surface area contributed by atoms with Gasteiger partial charge in [0.15, 0.2) is 16.3 Å². The number of hydrogen-bond donors (Lipinski definition) is 1. The van der Waals surface area contributed by atoms with Crippen LogP contribution in [0.3, 0.4) is 0 Å². The fourth-order valence-electron chi connectivity index (χ4n) is 2.43. The first-order valence-electron chi connectivity index (χ1n) is 6.48. The molecule has 0 saturated heterocycles. The maximum Gasteiger partial charge on any atom is 0.266 e. The summed E-state index contributed by atoms with van der Waals surface area (Å²) in [7, 11) is 0. The fraction of sp³-hybridized carbons (Fsp3) is 0.0667. The normalized spacial score (nSPS) is 12.8. The standard InChI is InChI=1S/C15H9FN2O3S/c16-8-1-3-9(4-2-8)18-14(19)10-5-12-13(21-7-20-12)6-11(10)17-15(18)22/h1-6H,7H2,(H,17,22). The highest BCUT2D eigenvalue weighted by atomic mass is 32.1. The van der Waals surface area contributed by atoms with Gasteiger partial charge in [-0.2, -0.15) is 0 Å². The van der Waals surface area contributed by atoms with Crippen molar-refractivity contribution in [3.8, 4) is 17.2 Å². The highest BCUT2D eigenvalue weighted by molar-refractivity contribution is 7.71. The monoisotopic (exact) mass is 316 g/mol. The molecule has 1 N–H and O–H groups in total. The summed E-state index contributed by atoms with van der Waals surface area (Å²) >= 11 is 5.25. The van der Waals surface area contributed by atoms with Gasteiger partial charge in [-0.1, -0.05) is 0 Å². The third-order valence-electron chi connectivity index (χ3n) is 3.48. The molecule has 22 heavy (non-hydrogen) atoms. The van der Waals surface area contributed by atoms with E-state index in [0.29, 0.717) is 28.1 Å². The smallest absolute Gasteiger partial charge is 0.266 e. The van der Waals surface area contributed by atoms with Gasteiger partial charge < -0.3 is 14.5 Å². The Kier molecular flexibility index (Phi) is 2.77. The zero-order valence-electron chi connectivity index (χ0n) is 11.1. The molecule has 4 rings (SSSR count). The van der Waals surface area contributed by atoms with E-state index in [1.165, 1.54) is 28.8 Å². The Balaban J connectivity index is 2.04. The van der Waals surface area contributed by atoms with Crippen LogP contribution >= 0.6 is 12.2 Å². The molecule has 0 spiro atoms. The summed E-state index contributed by atoms with van der Waals surface area (Å²) in [6.07, 6.45) is 0. The minimum Gasteiger partial charge on any atom is -0.454 e. The minimum atomic E-state index is -0.379. The zero-order chi connectivity index (χ0) is 15.3. The van der Waals surface area contributed by atoms with E-state index in [0.717, 1.165) is 0 Å². The molecule has 0 amide bonds. The molecule has 0 saturated carbocycles. The van der Waals surface area contributed by atoms with Crippen LogP contribution in [0.15, 0.2) is 41.2 Å². The molecule has 0 atom stereocenters. The summed E-state index contributed by atoms with van der Waals surface area (Å²) in [5.74, 6) is 0.703. The molecule has 2 aromatic carbocycles. The summed E-state index contributed by atoms with van der Waals surface area (Å²) in [6, 6.07) is 8.86. The van der Waals surface area contributed by atoms with Crippen LogP contribution in [0.25, 0.3) is 16.6 Å². The number of rotatable bonds is 1. The summed E-state index contributed by atoms with van der Waals surface area (Å²) in [4.78, 5) is 15.7. The molecule has 3 aromatic rings. The molecule has 0 aliphatic carbocycles. The second-order valence-corrected chi connectivity index (χ2v) is 5.18. The van der Waals surface area contributed by atoms with Gasteiger partial charge in [-0.3, -0.25) is 9.36 Å². The van der Waals surface area contributed by atoms with Gasteiger partial charge in [-0.05, 0) is 42.5 Å². The first kappa shape index (κ1) is 13.0. The molecule has 1 aliphatic rings. The number of nitrogens with one attached hydrogen (secondary N) is 1. The topological polar surface area (TPSA) is 56.2 Å². The van der Waals surface area contributed by atoms with Crippen molar-refractivity contribution in [2.45, 2.75) is 0 Å². The number of hydrogen-bond acceptors (Lipinski definition) is 4. The van der Waals surface area contributed by atoms with Crippen molar-refractivity contribution in [2.24, 2.45) is 0 Å². The Labute approximate surface area is 128 Å². The number of halogens is 1. The lowest BCUT2D eigenvalue weighted by molar-refractivity contribution is 0.174. The van der Waals surface area contributed by atoms with E-state index >= 15 is 0 Å². The van der Waals surface area contributed by atoms with E-state index < -0.39 is 0 Å². The van der Waals surface area contributed by atoms with Crippen molar-refractivity contribution >= 4 is 23.1 Å². The third-order valence-corrected chi connectivity index (χ3v) is 3.76. The SMILES string of the molecule is O=c1c2cc3c(cc2[nH]c(=S)n1-c1ccc(F)cc1)OCO3. The average Bonchev–Trinajstić information content (AvgIpc) is 2.95. The Morgan fingerprint density at radius 1 is 1.14 bits per heavy atom. The van der Waals surface area contributed by atoms with Crippen LogP contribution in [0, 0.1) is 10.6 Å². The number of ether oxygens (including phenoxy) is 2. The summed E-state index contributed by atoms with van der Waals surface area (Å²) in [5.41, 5.74) is 0.758. The molecular weight excluding hydrogens is 307 g/mol. The number of aromatic nitrogens is 2. The van der Waals surface area contributed by atoms with Crippen molar-refractivity contribution < 1.29 is 13.9 Å². The first-order valence-corrected chi connectivity index (χ1v) is 6.89. The van der Waals surface area contributed by atoms with Gasteiger partial charge in [0.2, 0.25) is 6.79 Å². The van der Waals surface area contributed by atoms with Gasteiger partial charge in [-0.25, -0.2) is 4.39 Å². The zero-order valence-corrected chi connectivity index (χ0v) is 11.9. The van der Waals surface area contributed by atoms with E-state index in [4.69, 9.17) is 21.7 Å². The van der Waals surface area contributed by atoms with Gasteiger partial charge >= 0.3 is 0 Å². The third kappa shape index (κ3) is 1.90. The maximum absolute atomic E-state index is 13.1. The molecule has 7 heteroatoms. The van der Waals surface area contributed by atoms with Gasteiger partial charge in [-0.15, -0.1) is 0 Å². The van der Waals surface area contributed by atoms with E-state index in [9.17, 15) is 9.18 Å².